The fourth-order valence-electron chi connectivity index (χ4n) is 1.18. The molecule has 0 heterocycles. The molecular weight excluding hydrogens is 126 g/mol. The zero-order valence-electron chi connectivity index (χ0n) is 7.05. The molecule has 2 atom stereocenters. The van der Waals surface area contributed by atoms with Crippen molar-refractivity contribution in [2.45, 2.75) is 39.7 Å². The van der Waals surface area contributed by atoms with Crippen LogP contribution in [0.2, 0.25) is 0 Å². The Kier molecular flexibility index (Phi) is 4.28. The van der Waals surface area contributed by atoms with Crippen molar-refractivity contribution in [3.63, 3.8) is 0 Å². The van der Waals surface area contributed by atoms with Crippen molar-refractivity contribution in [3.05, 3.63) is 0 Å². The average Bonchev–Trinajstić information content (AvgIpc) is 1.88. The van der Waals surface area contributed by atoms with E-state index in [9.17, 15) is 4.79 Å². The molecule has 0 amide bonds. The van der Waals surface area contributed by atoms with Gasteiger partial charge in [0, 0.05) is 12.0 Å². The van der Waals surface area contributed by atoms with Gasteiger partial charge in [-0.05, 0) is 19.8 Å². The average molecular weight is 143 g/mol. The minimum Gasteiger partial charge on any atom is -0.327 e. The molecule has 0 radical (unpaired) electrons. The summed E-state index contributed by atoms with van der Waals surface area (Å²) < 4.78 is 0. The van der Waals surface area contributed by atoms with E-state index in [1.54, 1.807) is 6.92 Å². The Labute approximate surface area is 62.8 Å². The highest BCUT2D eigenvalue weighted by Gasteiger charge is 2.17. The highest BCUT2D eigenvalue weighted by molar-refractivity contribution is 5.78. The fraction of sp³-hybridized carbons (Fsp3) is 0.875. The Morgan fingerprint density at radius 1 is 1.40 bits per heavy atom. The van der Waals surface area contributed by atoms with Gasteiger partial charge in [-0.3, -0.25) is 4.79 Å². The van der Waals surface area contributed by atoms with Crippen molar-refractivity contribution in [1.82, 2.24) is 0 Å². The minimum absolute atomic E-state index is 0.0579. The standard InChI is InChI=1S/C8H17NO/c1-4-7(6(3)10)8(9)5-2/h7-8H,4-5,9H2,1-3H3. The van der Waals surface area contributed by atoms with Crippen molar-refractivity contribution in [1.29, 1.82) is 0 Å². The number of rotatable bonds is 4. The van der Waals surface area contributed by atoms with Gasteiger partial charge in [-0.1, -0.05) is 13.8 Å². The molecule has 60 valence electrons. The molecule has 0 bridgehead atoms. The summed E-state index contributed by atoms with van der Waals surface area (Å²) in [4.78, 5) is 10.9. The summed E-state index contributed by atoms with van der Waals surface area (Å²) in [5.74, 6) is 0.293. The molecule has 0 aliphatic carbocycles. The summed E-state index contributed by atoms with van der Waals surface area (Å²) in [7, 11) is 0. The van der Waals surface area contributed by atoms with Gasteiger partial charge in [0.05, 0.1) is 0 Å². The second-order valence-corrected chi connectivity index (χ2v) is 2.70. The lowest BCUT2D eigenvalue weighted by atomic mass is 9.92. The lowest BCUT2D eigenvalue weighted by Crippen LogP contribution is -2.33. The Hall–Kier alpha value is -0.370. The van der Waals surface area contributed by atoms with Crippen LogP contribution in [-0.2, 0) is 4.79 Å². The summed E-state index contributed by atoms with van der Waals surface area (Å²) in [6, 6.07) is 0.0579. The second kappa shape index (κ2) is 4.45. The number of ketones is 1. The van der Waals surface area contributed by atoms with E-state index in [0.29, 0.717) is 0 Å². The second-order valence-electron chi connectivity index (χ2n) is 2.70. The van der Waals surface area contributed by atoms with Gasteiger partial charge in [-0.2, -0.15) is 0 Å². The Balaban J connectivity index is 3.92. The summed E-state index contributed by atoms with van der Waals surface area (Å²) in [5.41, 5.74) is 5.71. The maximum atomic E-state index is 10.9. The van der Waals surface area contributed by atoms with E-state index in [0.717, 1.165) is 12.8 Å². The zero-order chi connectivity index (χ0) is 8.15. The first-order valence-electron chi connectivity index (χ1n) is 3.89. The highest BCUT2D eigenvalue weighted by atomic mass is 16.1. The van der Waals surface area contributed by atoms with Gasteiger partial charge < -0.3 is 5.73 Å². The van der Waals surface area contributed by atoms with Crippen LogP contribution in [0.3, 0.4) is 0 Å². The third-order valence-corrected chi connectivity index (χ3v) is 1.95. The smallest absolute Gasteiger partial charge is 0.134 e. The lowest BCUT2D eigenvalue weighted by molar-refractivity contribution is -0.121. The molecule has 0 saturated heterocycles. The summed E-state index contributed by atoms with van der Waals surface area (Å²) in [6.07, 6.45) is 1.75. The number of hydrogen-bond acceptors (Lipinski definition) is 2. The van der Waals surface area contributed by atoms with Crippen LogP contribution < -0.4 is 5.73 Å². The van der Waals surface area contributed by atoms with Crippen LogP contribution in [0, 0.1) is 5.92 Å². The molecule has 10 heavy (non-hydrogen) atoms. The van der Waals surface area contributed by atoms with E-state index in [1.165, 1.54) is 0 Å². The largest absolute Gasteiger partial charge is 0.327 e. The van der Waals surface area contributed by atoms with E-state index >= 15 is 0 Å². The van der Waals surface area contributed by atoms with Gasteiger partial charge in [0.25, 0.3) is 0 Å². The Morgan fingerprint density at radius 3 is 2.00 bits per heavy atom. The molecule has 0 aliphatic rings. The third kappa shape index (κ3) is 2.48. The first-order valence-corrected chi connectivity index (χ1v) is 3.89. The van der Waals surface area contributed by atoms with Crippen LogP contribution in [0.15, 0.2) is 0 Å². The third-order valence-electron chi connectivity index (χ3n) is 1.95. The quantitative estimate of drug-likeness (QED) is 0.645. The zero-order valence-corrected chi connectivity index (χ0v) is 7.05. The maximum absolute atomic E-state index is 10.9. The van der Waals surface area contributed by atoms with E-state index in [4.69, 9.17) is 5.73 Å². The molecule has 2 nitrogen and oxygen atoms in total. The minimum atomic E-state index is 0.0579. The van der Waals surface area contributed by atoms with Crippen LogP contribution in [-0.4, -0.2) is 11.8 Å². The summed E-state index contributed by atoms with van der Waals surface area (Å²) in [5, 5.41) is 0. The number of Topliss-reactive ketones (excluding diaryl/α,β-unsaturated/α-hetero) is 1. The van der Waals surface area contributed by atoms with E-state index in [1.807, 2.05) is 13.8 Å². The molecule has 0 aromatic heterocycles. The first kappa shape index (κ1) is 9.63. The topological polar surface area (TPSA) is 43.1 Å². The van der Waals surface area contributed by atoms with Gasteiger partial charge in [0.15, 0.2) is 0 Å². The van der Waals surface area contributed by atoms with Crippen LogP contribution in [0.25, 0.3) is 0 Å². The molecule has 0 aromatic carbocycles. The van der Waals surface area contributed by atoms with Crippen molar-refractivity contribution in [2.24, 2.45) is 11.7 Å². The van der Waals surface area contributed by atoms with Crippen LogP contribution in [0.1, 0.15) is 33.6 Å². The van der Waals surface area contributed by atoms with E-state index in [-0.39, 0.29) is 17.7 Å². The predicted octanol–water partition coefficient (Wildman–Crippen LogP) is 1.34. The van der Waals surface area contributed by atoms with Crippen molar-refractivity contribution < 1.29 is 4.79 Å². The van der Waals surface area contributed by atoms with Crippen LogP contribution in [0.4, 0.5) is 0 Å². The number of carbonyl (C=O) groups is 1. The van der Waals surface area contributed by atoms with Gasteiger partial charge in [0.1, 0.15) is 5.78 Å². The molecule has 0 rings (SSSR count). The molecule has 2 unspecified atom stereocenters. The van der Waals surface area contributed by atoms with Crippen LogP contribution >= 0.6 is 0 Å². The molecular formula is C8H17NO. The monoisotopic (exact) mass is 143 g/mol. The summed E-state index contributed by atoms with van der Waals surface area (Å²) >= 11 is 0. The first-order chi connectivity index (χ1) is 4.63. The normalized spacial score (nSPS) is 16.4. The number of nitrogens with two attached hydrogens (primary N) is 1. The van der Waals surface area contributed by atoms with Crippen molar-refractivity contribution >= 4 is 5.78 Å². The fourth-order valence-corrected chi connectivity index (χ4v) is 1.18. The molecule has 0 spiro atoms. The SMILES string of the molecule is CCC(N)C(CC)C(C)=O. The summed E-state index contributed by atoms with van der Waals surface area (Å²) in [6.45, 7) is 5.63. The Bertz CT molecular complexity index is 112. The van der Waals surface area contributed by atoms with Gasteiger partial charge >= 0.3 is 0 Å². The lowest BCUT2D eigenvalue weighted by Gasteiger charge is -2.17. The number of carbonyl (C=O) groups excluding carboxylic acids is 1. The van der Waals surface area contributed by atoms with Crippen molar-refractivity contribution in [2.75, 3.05) is 0 Å². The molecule has 2 heteroatoms. The van der Waals surface area contributed by atoms with Crippen LogP contribution in [0.5, 0.6) is 0 Å². The van der Waals surface area contributed by atoms with Gasteiger partial charge in [-0.25, -0.2) is 0 Å². The molecule has 0 saturated carbocycles. The maximum Gasteiger partial charge on any atom is 0.134 e. The molecule has 0 aliphatic heterocycles. The van der Waals surface area contributed by atoms with Crippen molar-refractivity contribution in [3.8, 4) is 0 Å². The predicted molar refractivity (Wildman–Crippen MR) is 42.7 cm³/mol. The van der Waals surface area contributed by atoms with E-state index < -0.39 is 0 Å². The molecule has 0 fully saturated rings. The Morgan fingerprint density at radius 2 is 1.90 bits per heavy atom. The number of hydrogen-bond donors (Lipinski definition) is 1. The molecule has 2 N–H and O–H groups in total. The molecule has 0 aromatic rings. The van der Waals surface area contributed by atoms with E-state index in [2.05, 4.69) is 0 Å². The highest BCUT2D eigenvalue weighted by Crippen LogP contribution is 2.10. The van der Waals surface area contributed by atoms with Gasteiger partial charge in [0.2, 0.25) is 0 Å². The van der Waals surface area contributed by atoms with Gasteiger partial charge in [-0.15, -0.1) is 0 Å².